The number of rotatable bonds is 8. The zero-order valence-corrected chi connectivity index (χ0v) is 18.2. The zero-order valence-electron chi connectivity index (χ0n) is 18.2. The molecule has 0 bridgehead atoms. The molecule has 1 amide bonds. The maximum Gasteiger partial charge on any atom is 0.262 e. The monoisotopic (exact) mass is 430 g/mol. The van der Waals surface area contributed by atoms with Crippen LogP contribution in [0.5, 0.6) is 11.5 Å². The van der Waals surface area contributed by atoms with Crippen LogP contribution >= 0.6 is 0 Å². The fraction of sp³-hybridized carbons (Fsp3) is 0.200. The first-order chi connectivity index (χ1) is 15.6. The highest BCUT2D eigenvalue weighted by molar-refractivity contribution is 5.92. The molecule has 3 N–H and O–H groups in total. The Balaban J connectivity index is 1.48. The molecule has 7 heteroatoms. The Labute approximate surface area is 186 Å². The van der Waals surface area contributed by atoms with Crippen molar-refractivity contribution in [3.8, 4) is 22.8 Å². The largest absolute Gasteiger partial charge is 0.492 e. The molecule has 2 aromatic heterocycles. The van der Waals surface area contributed by atoms with E-state index in [1.54, 1.807) is 6.07 Å². The fourth-order valence-corrected chi connectivity index (χ4v) is 3.40. The minimum Gasteiger partial charge on any atom is -0.492 e. The summed E-state index contributed by atoms with van der Waals surface area (Å²) >= 11 is 0. The van der Waals surface area contributed by atoms with Crippen molar-refractivity contribution in [2.75, 3.05) is 24.3 Å². The van der Waals surface area contributed by atoms with E-state index in [-0.39, 0.29) is 12.5 Å². The lowest BCUT2D eigenvalue weighted by Gasteiger charge is -2.09. The lowest BCUT2D eigenvalue weighted by atomic mass is 10.1. The third-order valence-electron chi connectivity index (χ3n) is 5.06. The van der Waals surface area contributed by atoms with Crippen LogP contribution in [-0.2, 0) is 11.2 Å². The standard InChI is InChI=1S/C25H26N4O3/c1-3-17-7-10-19(11-8-17)27-24(30)16-32-23-6-5-13-29-15-21(28-25(23)29)18-9-12-22(31-4-2)20(26)14-18/h5-15H,3-4,16,26H2,1-2H3,(H,27,30). The summed E-state index contributed by atoms with van der Waals surface area (Å²) in [4.78, 5) is 17.0. The second-order valence-corrected chi connectivity index (χ2v) is 7.30. The summed E-state index contributed by atoms with van der Waals surface area (Å²) in [6.07, 6.45) is 4.73. The number of nitrogens with two attached hydrogens (primary N) is 1. The molecule has 0 aliphatic carbocycles. The molecule has 7 nitrogen and oxygen atoms in total. The third-order valence-corrected chi connectivity index (χ3v) is 5.06. The summed E-state index contributed by atoms with van der Waals surface area (Å²) in [5.41, 5.74) is 10.9. The summed E-state index contributed by atoms with van der Waals surface area (Å²) in [5.74, 6) is 0.941. The highest BCUT2D eigenvalue weighted by Crippen LogP contribution is 2.30. The van der Waals surface area contributed by atoms with Gasteiger partial charge in [0.25, 0.3) is 5.91 Å². The molecule has 2 heterocycles. The molecular weight excluding hydrogens is 404 g/mol. The van der Waals surface area contributed by atoms with Crippen LogP contribution in [0.2, 0.25) is 0 Å². The molecule has 0 atom stereocenters. The number of nitrogen functional groups attached to an aromatic ring is 1. The highest BCUT2D eigenvalue weighted by atomic mass is 16.5. The molecule has 0 fully saturated rings. The number of nitrogens with one attached hydrogen (secondary N) is 1. The lowest BCUT2D eigenvalue weighted by Crippen LogP contribution is -2.20. The summed E-state index contributed by atoms with van der Waals surface area (Å²) < 4.78 is 13.1. The number of pyridine rings is 1. The van der Waals surface area contributed by atoms with E-state index in [9.17, 15) is 4.79 Å². The molecule has 4 aromatic rings. The summed E-state index contributed by atoms with van der Waals surface area (Å²) in [6.45, 7) is 4.44. The van der Waals surface area contributed by atoms with E-state index < -0.39 is 0 Å². The van der Waals surface area contributed by atoms with Gasteiger partial charge in [-0.3, -0.25) is 4.79 Å². The average Bonchev–Trinajstić information content (AvgIpc) is 3.25. The summed E-state index contributed by atoms with van der Waals surface area (Å²) in [6, 6.07) is 17.0. The van der Waals surface area contributed by atoms with Gasteiger partial charge in [-0.05, 0) is 61.4 Å². The number of aromatic nitrogens is 2. The number of carbonyl (C=O) groups excluding carboxylic acids is 1. The second-order valence-electron chi connectivity index (χ2n) is 7.30. The van der Waals surface area contributed by atoms with Crippen LogP contribution in [0, 0.1) is 0 Å². The average molecular weight is 431 g/mol. The van der Waals surface area contributed by atoms with Crippen LogP contribution < -0.4 is 20.5 Å². The lowest BCUT2D eigenvalue weighted by molar-refractivity contribution is -0.118. The molecule has 2 aromatic carbocycles. The van der Waals surface area contributed by atoms with Crippen molar-refractivity contribution in [1.29, 1.82) is 0 Å². The summed E-state index contributed by atoms with van der Waals surface area (Å²) in [7, 11) is 0. The van der Waals surface area contributed by atoms with Crippen LogP contribution in [0.4, 0.5) is 11.4 Å². The first kappa shape index (κ1) is 21.2. The van der Waals surface area contributed by atoms with E-state index in [1.807, 2.05) is 72.2 Å². The van der Waals surface area contributed by atoms with Gasteiger partial charge in [0.1, 0.15) is 5.75 Å². The van der Waals surface area contributed by atoms with Crippen molar-refractivity contribution in [1.82, 2.24) is 9.38 Å². The number of aryl methyl sites for hydroxylation is 1. The molecule has 4 rings (SSSR count). The molecule has 0 aliphatic rings. The van der Waals surface area contributed by atoms with Gasteiger partial charge in [-0.2, -0.15) is 0 Å². The molecule has 0 spiro atoms. The van der Waals surface area contributed by atoms with Gasteiger partial charge >= 0.3 is 0 Å². The van der Waals surface area contributed by atoms with Gasteiger partial charge in [-0.1, -0.05) is 19.1 Å². The normalized spacial score (nSPS) is 10.8. The third kappa shape index (κ3) is 4.67. The van der Waals surface area contributed by atoms with E-state index >= 15 is 0 Å². The molecule has 164 valence electrons. The van der Waals surface area contributed by atoms with Crippen LogP contribution in [0.1, 0.15) is 19.4 Å². The molecule has 0 saturated carbocycles. The van der Waals surface area contributed by atoms with E-state index in [0.29, 0.717) is 29.4 Å². The fourth-order valence-electron chi connectivity index (χ4n) is 3.40. The van der Waals surface area contributed by atoms with Crippen molar-refractivity contribution in [2.45, 2.75) is 20.3 Å². The zero-order chi connectivity index (χ0) is 22.5. The van der Waals surface area contributed by atoms with E-state index in [0.717, 1.165) is 23.4 Å². The van der Waals surface area contributed by atoms with Crippen molar-refractivity contribution in [3.63, 3.8) is 0 Å². The van der Waals surface area contributed by atoms with Gasteiger partial charge in [-0.25, -0.2) is 4.98 Å². The van der Waals surface area contributed by atoms with E-state index in [1.165, 1.54) is 5.56 Å². The van der Waals surface area contributed by atoms with Gasteiger partial charge < -0.3 is 24.9 Å². The number of imidazole rings is 1. The number of fused-ring (bicyclic) bond motifs is 1. The molecule has 0 unspecified atom stereocenters. The van der Waals surface area contributed by atoms with Gasteiger partial charge in [0, 0.05) is 23.6 Å². The number of carbonyl (C=O) groups is 1. The van der Waals surface area contributed by atoms with E-state index in [2.05, 4.69) is 12.2 Å². The number of benzene rings is 2. The topological polar surface area (TPSA) is 90.9 Å². The number of hydrogen-bond acceptors (Lipinski definition) is 5. The van der Waals surface area contributed by atoms with E-state index in [4.69, 9.17) is 20.2 Å². The van der Waals surface area contributed by atoms with Crippen molar-refractivity contribution in [2.24, 2.45) is 0 Å². The molecule has 32 heavy (non-hydrogen) atoms. The van der Waals surface area contributed by atoms with Crippen LogP contribution in [0.3, 0.4) is 0 Å². The molecule has 0 aliphatic heterocycles. The minimum atomic E-state index is -0.234. The van der Waals surface area contributed by atoms with Gasteiger partial charge in [0.15, 0.2) is 18.0 Å². The molecule has 0 saturated heterocycles. The number of hydrogen-bond donors (Lipinski definition) is 2. The van der Waals surface area contributed by atoms with Crippen molar-refractivity contribution >= 4 is 22.9 Å². The van der Waals surface area contributed by atoms with Crippen LogP contribution in [0.15, 0.2) is 67.0 Å². The highest BCUT2D eigenvalue weighted by Gasteiger charge is 2.12. The van der Waals surface area contributed by atoms with Crippen molar-refractivity contribution < 1.29 is 14.3 Å². The van der Waals surface area contributed by atoms with Crippen LogP contribution in [-0.4, -0.2) is 28.5 Å². The Morgan fingerprint density at radius 2 is 1.88 bits per heavy atom. The predicted octanol–water partition coefficient (Wildman–Crippen LogP) is 4.56. The predicted molar refractivity (Wildman–Crippen MR) is 126 cm³/mol. The summed E-state index contributed by atoms with van der Waals surface area (Å²) in [5, 5.41) is 2.85. The van der Waals surface area contributed by atoms with Crippen LogP contribution in [0.25, 0.3) is 16.9 Å². The van der Waals surface area contributed by atoms with Gasteiger partial charge in [0.2, 0.25) is 0 Å². The minimum absolute atomic E-state index is 0.118. The maximum absolute atomic E-state index is 12.3. The first-order valence-electron chi connectivity index (χ1n) is 10.6. The number of amides is 1. The Morgan fingerprint density at radius 1 is 1.06 bits per heavy atom. The molecule has 0 radical (unpaired) electrons. The molecular formula is C25H26N4O3. The SMILES string of the molecule is CCOc1ccc(-c2cn3cccc(OCC(=O)Nc4ccc(CC)cc4)c3n2)cc1N. The Hall–Kier alpha value is -4.00. The number of ether oxygens (including phenoxy) is 2. The first-order valence-corrected chi connectivity index (χ1v) is 10.6. The van der Waals surface area contributed by atoms with Gasteiger partial charge in [0.05, 0.1) is 18.0 Å². The van der Waals surface area contributed by atoms with Crippen molar-refractivity contribution in [3.05, 3.63) is 72.6 Å². The number of nitrogens with zero attached hydrogens (tertiary/aromatic N) is 2. The van der Waals surface area contributed by atoms with Gasteiger partial charge in [-0.15, -0.1) is 0 Å². The quantitative estimate of drug-likeness (QED) is 0.400. The smallest absolute Gasteiger partial charge is 0.262 e. The Bertz CT molecular complexity index is 1230. The number of anilines is 2. The Morgan fingerprint density at radius 3 is 2.59 bits per heavy atom. The second kappa shape index (κ2) is 9.43. The maximum atomic E-state index is 12.3. The Kier molecular flexibility index (Phi) is 6.26.